The molecule has 1 fully saturated rings. The van der Waals surface area contributed by atoms with Crippen LogP contribution < -0.4 is 10.6 Å². The zero-order valence-corrected chi connectivity index (χ0v) is 16.5. The Morgan fingerprint density at radius 2 is 1.19 bits per heavy atom. The first-order chi connectivity index (χ1) is 12.9. The Kier molecular flexibility index (Phi) is 17.7. The normalized spacial score (nSPS) is 21.1. The molecule has 8 nitrogen and oxygen atoms in total. The van der Waals surface area contributed by atoms with Crippen molar-refractivity contribution in [3.8, 4) is 0 Å². The van der Waals surface area contributed by atoms with Crippen molar-refractivity contribution in [2.45, 2.75) is 13.3 Å². The van der Waals surface area contributed by atoms with Crippen molar-refractivity contribution < 1.29 is 23.7 Å². The van der Waals surface area contributed by atoms with Gasteiger partial charge in [0.2, 0.25) is 0 Å². The quantitative estimate of drug-likeness (QED) is 0.598. The summed E-state index contributed by atoms with van der Waals surface area (Å²) in [6.07, 6.45) is 0.986. The molecule has 0 aromatic carbocycles. The highest BCUT2D eigenvalue weighted by Crippen LogP contribution is 1.95. The van der Waals surface area contributed by atoms with E-state index in [1.54, 1.807) is 0 Å². The predicted molar refractivity (Wildman–Crippen MR) is 102 cm³/mol. The summed E-state index contributed by atoms with van der Waals surface area (Å²) in [5.74, 6) is 0. The van der Waals surface area contributed by atoms with Gasteiger partial charge in [0.05, 0.1) is 59.6 Å². The molecule has 0 atom stereocenters. The number of nitrogens with zero attached hydrogens (tertiary/aromatic N) is 1. The van der Waals surface area contributed by atoms with Gasteiger partial charge in [0, 0.05) is 39.3 Å². The van der Waals surface area contributed by atoms with Crippen molar-refractivity contribution in [3.05, 3.63) is 0 Å². The van der Waals surface area contributed by atoms with Crippen LogP contribution in [0.2, 0.25) is 0 Å². The van der Waals surface area contributed by atoms with Crippen LogP contribution >= 0.6 is 0 Å². The van der Waals surface area contributed by atoms with E-state index in [1.807, 2.05) is 0 Å². The average Bonchev–Trinajstić information content (AvgIpc) is 2.65. The van der Waals surface area contributed by atoms with Crippen LogP contribution in [0.4, 0.5) is 0 Å². The minimum atomic E-state index is 0.588. The van der Waals surface area contributed by atoms with Crippen molar-refractivity contribution in [2.75, 3.05) is 105 Å². The first kappa shape index (κ1) is 23.7. The summed E-state index contributed by atoms with van der Waals surface area (Å²) in [7, 11) is 0. The maximum atomic E-state index is 5.75. The molecule has 0 radical (unpaired) electrons. The second-order valence-electron chi connectivity index (χ2n) is 6.06. The van der Waals surface area contributed by atoms with Gasteiger partial charge in [-0.3, -0.25) is 4.90 Å². The van der Waals surface area contributed by atoms with E-state index in [0.29, 0.717) is 59.6 Å². The molecule has 1 rings (SSSR count). The molecular formula is C18H39N3O5. The van der Waals surface area contributed by atoms with E-state index in [9.17, 15) is 0 Å². The van der Waals surface area contributed by atoms with Crippen LogP contribution in [0, 0.1) is 0 Å². The van der Waals surface area contributed by atoms with E-state index in [0.717, 1.165) is 52.3 Å². The van der Waals surface area contributed by atoms with Crippen molar-refractivity contribution in [1.29, 1.82) is 0 Å². The first-order valence-corrected chi connectivity index (χ1v) is 9.96. The highest BCUT2D eigenvalue weighted by atomic mass is 16.6. The number of rotatable bonds is 7. The van der Waals surface area contributed by atoms with Gasteiger partial charge in [-0.15, -0.1) is 0 Å². The molecule has 0 saturated carbocycles. The van der Waals surface area contributed by atoms with E-state index in [4.69, 9.17) is 23.7 Å². The van der Waals surface area contributed by atoms with Gasteiger partial charge in [0.15, 0.2) is 0 Å². The maximum absolute atomic E-state index is 5.75. The van der Waals surface area contributed by atoms with E-state index in [1.165, 1.54) is 0 Å². The van der Waals surface area contributed by atoms with Gasteiger partial charge in [0.25, 0.3) is 0 Å². The second kappa shape index (κ2) is 19.4. The fraction of sp³-hybridized carbons (Fsp3) is 1.00. The summed E-state index contributed by atoms with van der Waals surface area (Å²) in [4.78, 5) is 2.31. The molecule has 1 saturated heterocycles. The Morgan fingerprint density at radius 3 is 1.81 bits per heavy atom. The molecule has 0 spiro atoms. The molecule has 0 unspecified atom stereocenters. The molecule has 0 aromatic heterocycles. The van der Waals surface area contributed by atoms with Crippen LogP contribution in [0.5, 0.6) is 0 Å². The summed E-state index contributed by atoms with van der Waals surface area (Å²) >= 11 is 0. The van der Waals surface area contributed by atoms with E-state index in [-0.39, 0.29) is 0 Å². The van der Waals surface area contributed by atoms with Crippen molar-refractivity contribution in [3.63, 3.8) is 0 Å². The van der Waals surface area contributed by atoms with Gasteiger partial charge in [-0.2, -0.15) is 0 Å². The smallest absolute Gasteiger partial charge is 0.0991 e. The summed E-state index contributed by atoms with van der Waals surface area (Å²) in [5.41, 5.74) is 0. The third-order valence-corrected chi connectivity index (χ3v) is 3.86. The third-order valence-electron chi connectivity index (χ3n) is 3.86. The largest absolute Gasteiger partial charge is 0.379 e. The van der Waals surface area contributed by atoms with Crippen LogP contribution in [0.25, 0.3) is 0 Å². The van der Waals surface area contributed by atoms with Gasteiger partial charge in [-0.05, 0) is 13.0 Å². The molecule has 8 heteroatoms. The third kappa shape index (κ3) is 15.9. The van der Waals surface area contributed by atoms with Crippen LogP contribution in [0.1, 0.15) is 13.3 Å². The van der Waals surface area contributed by atoms with Crippen LogP contribution in [-0.4, -0.2) is 110 Å². The lowest BCUT2D eigenvalue weighted by Crippen LogP contribution is -2.37. The van der Waals surface area contributed by atoms with Crippen molar-refractivity contribution in [1.82, 2.24) is 15.5 Å². The Hall–Kier alpha value is -0.320. The van der Waals surface area contributed by atoms with E-state index < -0.39 is 0 Å². The molecule has 1 aliphatic heterocycles. The van der Waals surface area contributed by atoms with Gasteiger partial charge in [0.1, 0.15) is 0 Å². The SMILES string of the molecule is CCNCCNCCN1CCCOCCOCCOCCOCCOC1. The highest BCUT2D eigenvalue weighted by molar-refractivity contribution is 4.58. The lowest BCUT2D eigenvalue weighted by molar-refractivity contribution is -0.0322. The van der Waals surface area contributed by atoms with Crippen LogP contribution in [-0.2, 0) is 23.7 Å². The topological polar surface area (TPSA) is 73.5 Å². The lowest BCUT2D eigenvalue weighted by Gasteiger charge is -2.22. The molecule has 26 heavy (non-hydrogen) atoms. The molecule has 1 heterocycles. The first-order valence-electron chi connectivity index (χ1n) is 9.96. The standard InChI is InChI=1S/C18H39N3O5/c1-2-19-4-5-20-6-8-21-7-3-9-22-10-11-23-12-13-24-14-15-25-16-17-26-18-21/h19-20H,2-18H2,1H3. The molecule has 1 aliphatic rings. The van der Waals surface area contributed by atoms with Gasteiger partial charge in [-0.25, -0.2) is 0 Å². The summed E-state index contributed by atoms with van der Waals surface area (Å²) < 4.78 is 27.8. The minimum absolute atomic E-state index is 0.588. The van der Waals surface area contributed by atoms with Crippen molar-refractivity contribution >= 4 is 0 Å². The average molecular weight is 378 g/mol. The van der Waals surface area contributed by atoms with E-state index in [2.05, 4.69) is 22.5 Å². The van der Waals surface area contributed by atoms with Gasteiger partial charge in [-0.1, -0.05) is 6.92 Å². The number of nitrogens with one attached hydrogen (secondary N) is 2. The summed E-state index contributed by atoms with van der Waals surface area (Å²) in [5, 5.41) is 6.77. The Morgan fingerprint density at radius 1 is 0.654 bits per heavy atom. The molecule has 0 bridgehead atoms. The number of ether oxygens (including phenoxy) is 5. The van der Waals surface area contributed by atoms with Gasteiger partial charge >= 0.3 is 0 Å². The summed E-state index contributed by atoms with van der Waals surface area (Å²) in [6, 6.07) is 0. The van der Waals surface area contributed by atoms with Crippen LogP contribution in [0.15, 0.2) is 0 Å². The fourth-order valence-electron chi connectivity index (χ4n) is 2.42. The number of hydrogen-bond acceptors (Lipinski definition) is 8. The van der Waals surface area contributed by atoms with Gasteiger partial charge < -0.3 is 34.3 Å². The summed E-state index contributed by atoms with van der Waals surface area (Å²) in [6.45, 7) is 14.2. The van der Waals surface area contributed by atoms with Crippen molar-refractivity contribution in [2.24, 2.45) is 0 Å². The zero-order chi connectivity index (χ0) is 18.5. The zero-order valence-electron chi connectivity index (χ0n) is 16.5. The molecule has 156 valence electrons. The Labute approximate surface area is 158 Å². The number of likely N-dealkylation sites (N-methyl/N-ethyl adjacent to an activating group) is 1. The monoisotopic (exact) mass is 377 g/mol. The number of hydrogen-bond donors (Lipinski definition) is 2. The molecule has 2 N–H and O–H groups in total. The highest BCUT2D eigenvalue weighted by Gasteiger charge is 2.05. The lowest BCUT2D eigenvalue weighted by atomic mass is 10.4. The van der Waals surface area contributed by atoms with Crippen LogP contribution in [0.3, 0.4) is 0 Å². The van der Waals surface area contributed by atoms with E-state index >= 15 is 0 Å². The fourth-order valence-corrected chi connectivity index (χ4v) is 2.42. The maximum Gasteiger partial charge on any atom is 0.0991 e. The molecular weight excluding hydrogens is 338 g/mol. The molecule has 0 amide bonds. The second-order valence-corrected chi connectivity index (χ2v) is 6.06. The molecule has 0 aromatic rings. The Bertz CT molecular complexity index is 270. The Balaban J connectivity index is 2.19. The minimum Gasteiger partial charge on any atom is -0.379 e. The predicted octanol–water partition coefficient (Wildman–Crippen LogP) is -0.0683. The molecule has 0 aliphatic carbocycles.